The maximum Gasteiger partial charge on any atom is 0.153 e. The number of benzene rings is 1. The average Bonchev–Trinajstić information content (AvgIpc) is 3.10. The average molecular weight is 384 g/mol. The van der Waals surface area contributed by atoms with Crippen molar-refractivity contribution >= 4 is 28.1 Å². The van der Waals surface area contributed by atoms with Crippen LogP contribution in [0, 0.1) is 0 Å². The summed E-state index contributed by atoms with van der Waals surface area (Å²) in [6.45, 7) is 6.66. The minimum absolute atomic E-state index is 0.306. The Kier molecular flexibility index (Phi) is 10.9. The molecule has 4 nitrogen and oxygen atoms in total. The molecule has 0 amide bonds. The molecule has 1 aromatic carbocycles. The Balaban J connectivity index is 0.000000892. The highest BCUT2D eigenvalue weighted by Gasteiger charge is 2.09. The normalized spacial score (nSPS) is 11.8. The number of ketones is 1. The number of Topliss-reactive ketones (excluding diaryl/α,β-unsaturated/α-hetero) is 1. The molecule has 0 fully saturated rings. The number of carbonyl (C=O) groups excluding carboxylic acids is 1. The number of aromatic nitrogens is 2. The van der Waals surface area contributed by atoms with Crippen molar-refractivity contribution < 1.29 is 9.18 Å². The number of nitrogens with two attached hydrogens (primary N) is 1. The second-order valence-electron chi connectivity index (χ2n) is 6.11. The lowest BCUT2D eigenvalue weighted by Gasteiger charge is -2.05. The van der Waals surface area contributed by atoms with Gasteiger partial charge in [0, 0.05) is 12.8 Å². The first-order valence-corrected chi connectivity index (χ1v) is 9.44. The van der Waals surface area contributed by atoms with E-state index in [1.807, 2.05) is 50.3 Å². The number of allylic oxidation sites excluding steroid dienone is 7. The highest BCUT2D eigenvalue weighted by atomic mass is 19.1. The molecule has 1 aromatic heterocycles. The van der Waals surface area contributed by atoms with Crippen molar-refractivity contribution in [3.05, 3.63) is 66.8 Å². The molecule has 0 aliphatic heterocycles. The lowest BCUT2D eigenvalue weighted by Crippen LogP contribution is -1.95. The van der Waals surface area contributed by atoms with E-state index < -0.39 is 6.67 Å². The number of nitrogens with zero attached hydrogens (tertiary/aromatic N) is 1. The summed E-state index contributed by atoms with van der Waals surface area (Å²) < 4.78 is 10.6. The van der Waals surface area contributed by atoms with Gasteiger partial charge < -0.3 is 5.73 Å². The van der Waals surface area contributed by atoms with Crippen molar-refractivity contribution in [2.45, 2.75) is 39.5 Å². The van der Waals surface area contributed by atoms with E-state index in [0.29, 0.717) is 24.4 Å². The Hall–Kier alpha value is -2.95. The lowest BCUT2D eigenvalue weighted by atomic mass is 10.00. The van der Waals surface area contributed by atoms with Crippen LogP contribution < -0.4 is 5.73 Å². The number of nitrogens with one attached hydrogen (secondary N) is 1. The number of halogens is 1. The Morgan fingerprint density at radius 1 is 1.25 bits per heavy atom. The van der Waals surface area contributed by atoms with Crippen LogP contribution >= 0.6 is 0 Å². The summed E-state index contributed by atoms with van der Waals surface area (Å²) in [6.07, 6.45) is 14.2. The van der Waals surface area contributed by atoms with Crippen molar-refractivity contribution in [2.24, 2.45) is 0 Å². The summed E-state index contributed by atoms with van der Waals surface area (Å²) in [7, 11) is 0. The zero-order valence-corrected chi connectivity index (χ0v) is 16.7. The van der Waals surface area contributed by atoms with E-state index in [0.717, 1.165) is 34.9 Å². The van der Waals surface area contributed by atoms with Gasteiger partial charge in [-0.2, -0.15) is 5.10 Å². The van der Waals surface area contributed by atoms with Gasteiger partial charge in [0.25, 0.3) is 0 Å². The fourth-order valence-electron chi connectivity index (χ4n) is 2.67. The summed E-state index contributed by atoms with van der Waals surface area (Å²) in [5.41, 5.74) is 9.04. The number of nitrogen functional groups attached to an aromatic ring is 1. The first-order valence-electron chi connectivity index (χ1n) is 9.44. The van der Waals surface area contributed by atoms with E-state index in [1.165, 1.54) is 6.08 Å². The summed E-state index contributed by atoms with van der Waals surface area (Å²) in [4.78, 5) is 11.8. The predicted octanol–water partition coefficient (Wildman–Crippen LogP) is 5.95. The zero-order chi connectivity index (χ0) is 20.8. The van der Waals surface area contributed by atoms with Crippen LogP contribution in [0.4, 0.5) is 10.2 Å². The molecule has 0 radical (unpaired) electrons. The highest BCUT2D eigenvalue weighted by molar-refractivity contribution is 6.00. The topological polar surface area (TPSA) is 71.8 Å². The van der Waals surface area contributed by atoms with Gasteiger partial charge >= 0.3 is 0 Å². The largest absolute Gasteiger partial charge is 0.382 e. The van der Waals surface area contributed by atoms with Gasteiger partial charge in [-0.15, -0.1) is 6.58 Å². The molecular formula is C23H30FN3O. The molecule has 0 spiro atoms. The molecule has 0 aliphatic carbocycles. The van der Waals surface area contributed by atoms with Crippen LogP contribution in [-0.2, 0) is 4.79 Å². The van der Waals surface area contributed by atoms with Crippen LogP contribution in [0.1, 0.15) is 45.1 Å². The Morgan fingerprint density at radius 3 is 2.54 bits per heavy atom. The molecule has 0 bridgehead atoms. The molecule has 0 saturated carbocycles. The molecule has 0 unspecified atom stereocenters. The third kappa shape index (κ3) is 7.35. The fraction of sp³-hybridized carbons (Fsp3) is 0.304. The van der Waals surface area contributed by atoms with Gasteiger partial charge in [0.1, 0.15) is 12.5 Å². The molecule has 3 N–H and O–H groups in total. The molecular weight excluding hydrogens is 353 g/mol. The van der Waals surface area contributed by atoms with E-state index in [1.54, 1.807) is 0 Å². The SMILES string of the molecule is C/C=C/CCC(=O)CC/C=C\C(=C/C)c1cccc2[nH]nc(N)c12.C=CCF. The zero-order valence-electron chi connectivity index (χ0n) is 16.7. The number of rotatable bonds is 9. The van der Waals surface area contributed by atoms with Crippen LogP contribution in [0.2, 0.25) is 0 Å². The summed E-state index contributed by atoms with van der Waals surface area (Å²) >= 11 is 0. The standard InChI is InChI=1S/C20H25N3O.C3H5F/c1-3-5-6-11-16(24)12-8-7-10-15(4-2)17-13-9-14-18-19(17)20(21)23-22-18;1-2-3-4/h3-5,7,9-10,13-14H,6,8,11-12H2,1-2H3,(H3,21,22,23);2H,1,3H2/b5-3+,10-7-,15-4+;. The summed E-state index contributed by atoms with van der Waals surface area (Å²) in [5, 5.41) is 7.96. The Morgan fingerprint density at radius 2 is 1.93 bits per heavy atom. The number of aromatic amines is 1. The van der Waals surface area contributed by atoms with Gasteiger partial charge in [0.15, 0.2) is 5.82 Å². The number of alkyl halides is 1. The second kappa shape index (κ2) is 13.3. The number of fused-ring (bicyclic) bond motifs is 1. The lowest BCUT2D eigenvalue weighted by molar-refractivity contribution is -0.118. The quantitative estimate of drug-likeness (QED) is 0.415. The molecule has 5 heteroatoms. The smallest absolute Gasteiger partial charge is 0.153 e. The number of carbonyl (C=O) groups is 1. The van der Waals surface area contributed by atoms with Gasteiger partial charge in [-0.05, 0) is 43.9 Å². The molecule has 150 valence electrons. The van der Waals surface area contributed by atoms with Crippen molar-refractivity contribution in [2.75, 3.05) is 12.4 Å². The minimum Gasteiger partial charge on any atom is -0.382 e. The second-order valence-corrected chi connectivity index (χ2v) is 6.11. The minimum atomic E-state index is -0.417. The monoisotopic (exact) mass is 383 g/mol. The van der Waals surface area contributed by atoms with Gasteiger partial charge in [-0.3, -0.25) is 9.89 Å². The van der Waals surface area contributed by atoms with Crippen molar-refractivity contribution in [1.29, 1.82) is 0 Å². The van der Waals surface area contributed by atoms with E-state index in [9.17, 15) is 9.18 Å². The fourth-order valence-corrected chi connectivity index (χ4v) is 2.67. The predicted molar refractivity (Wildman–Crippen MR) is 118 cm³/mol. The molecule has 0 atom stereocenters. The Labute approximate surface area is 166 Å². The molecule has 2 rings (SSSR count). The van der Waals surface area contributed by atoms with E-state index in [4.69, 9.17) is 5.73 Å². The summed E-state index contributed by atoms with van der Waals surface area (Å²) in [5.74, 6) is 0.813. The van der Waals surface area contributed by atoms with Crippen molar-refractivity contribution in [1.82, 2.24) is 10.2 Å². The third-order valence-electron chi connectivity index (χ3n) is 4.06. The molecule has 0 saturated heterocycles. The molecule has 0 aliphatic rings. The van der Waals surface area contributed by atoms with Gasteiger partial charge in [0.2, 0.25) is 0 Å². The first kappa shape index (κ1) is 23.1. The van der Waals surface area contributed by atoms with E-state index >= 15 is 0 Å². The maximum atomic E-state index is 11.8. The van der Waals surface area contributed by atoms with Crippen LogP contribution in [-0.4, -0.2) is 22.7 Å². The van der Waals surface area contributed by atoms with E-state index in [2.05, 4.69) is 28.9 Å². The molecule has 28 heavy (non-hydrogen) atoms. The number of anilines is 1. The van der Waals surface area contributed by atoms with Crippen LogP contribution in [0.15, 0.2) is 61.2 Å². The van der Waals surface area contributed by atoms with Gasteiger partial charge in [-0.25, -0.2) is 4.39 Å². The number of H-pyrrole nitrogens is 1. The van der Waals surface area contributed by atoms with Crippen molar-refractivity contribution in [3.63, 3.8) is 0 Å². The van der Waals surface area contributed by atoms with Crippen molar-refractivity contribution in [3.8, 4) is 0 Å². The van der Waals surface area contributed by atoms with Gasteiger partial charge in [-0.1, -0.05) is 48.6 Å². The van der Waals surface area contributed by atoms with Gasteiger partial charge in [0.05, 0.1) is 10.9 Å². The number of hydrogen-bond acceptors (Lipinski definition) is 3. The number of hydrogen-bond donors (Lipinski definition) is 2. The maximum absolute atomic E-state index is 11.8. The molecule has 1 heterocycles. The summed E-state index contributed by atoms with van der Waals surface area (Å²) in [6, 6.07) is 5.98. The van der Waals surface area contributed by atoms with E-state index in [-0.39, 0.29) is 0 Å². The van der Waals surface area contributed by atoms with Crippen LogP contribution in [0.5, 0.6) is 0 Å². The van der Waals surface area contributed by atoms with Crippen LogP contribution in [0.25, 0.3) is 16.5 Å². The Bertz CT molecular complexity index is 847. The highest BCUT2D eigenvalue weighted by Crippen LogP contribution is 2.28. The van der Waals surface area contributed by atoms with Crippen LogP contribution in [0.3, 0.4) is 0 Å². The molecule has 2 aromatic rings. The third-order valence-corrected chi connectivity index (χ3v) is 4.06. The first-order chi connectivity index (χ1) is 13.6.